The molecule has 0 aliphatic carbocycles. The Morgan fingerprint density at radius 1 is 1.00 bits per heavy atom. The number of hydrogen-bond acceptors (Lipinski definition) is 2. The minimum absolute atomic E-state index is 0.0240. The number of aryl methyl sites for hydroxylation is 1. The number of nitrogens with zero attached hydrogens (tertiary/aromatic N) is 3. The summed E-state index contributed by atoms with van der Waals surface area (Å²) in [5, 5.41) is 0. The summed E-state index contributed by atoms with van der Waals surface area (Å²) in [6, 6.07) is 9.71. The van der Waals surface area contributed by atoms with E-state index in [1.54, 1.807) is 0 Å². The van der Waals surface area contributed by atoms with E-state index in [9.17, 15) is 9.59 Å². The average molecular weight is 432 g/mol. The summed E-state index contributed by atoms with van der Waals surface area (Å²) in [5.41, 5.74) is 2.63. The van der Waals surface area contributed by atoms with E-state index in [2.05, 4.69) is 29.8 Å². The molecule has 3 rings (SSSR count). The third-order valence-corrected chi connectivity index (χ3v) is 5.54. The lowest BCUT2D eigenvalue weighted by molar-refractivity contribution is 0.0529. The van der Waals surface area contributed by atoms with Gasteiger partial charge in [-0.15, -0.1) is 0 Å². The molecule has 1 fully saturated rings. The molecular formula is C21H26BrN3O2. The maximum Gasteiger partial charge on any atom is 0.270 e. The van der Waals surface area contributed by atoms with Crippen LogP contribution in [0.4, 0.5) is 0 Å². The number of aromatic nitrogens is 1. The molecule has 1 aliphatic rings. The normalized spacial score (nSPS) is 14.7. The molecule has 1 aliphatic heterocycles. The van der Waals surface area contributed by atoms with Crippen molar-refractivity contribution in [3.8, 4) is 0 Å². The van der Waals surface area contributed by atoms with Crippen LogP contribution in [0.3, 0.4) is 0 Å². The molecule has 1 aromatic carbocycles. The lowest BCUT2D eigenvalue weighted by atomic mass is 10.0. The Balaban J connectivity index is 1.62. The molecule has 2 heterocycles. The van der Waals surface area contributed by atoms with Crippen LogP contribution in [0, 0.1) is 0 Å². The van der Waals surface area contributed by atoms with Crippen molar-refractivity contribution in [2.75, 3.05) is 26.2 Å². The van der Waals surface area contributed by atoms with Crippen molar-refractivity contribution in [1.29, 1.82) is 0 Å². The number of carbonyl (C=O) groups is 2. The summed E-state index contributed by atoms with van der Waals surface area (Å²) in [5.74, 6) is 0.513. The van der Waals surface area contributed by atoms with Gasteiger partial charge in [0, 0.05) is 49.0 Å². The third kappa shape index (κ3) is 4.26. The number of piperazine rings is 1. The van der Waals surface area contributed by atoms with Crippen LogP contribution in [0.15, 0.2) is 41.0 Å². The molecule has 0 spiro atoms. The van der Waals surface area contributed by atoms with Gasteiger partial charge >= 0.3 is 0 Å². The Kier molecular flexibility index (Phi) is 6.05. The predicted octanol–water partition coefficient (Wildman–Crippen LogP) is 3.99. The van der Waals surface area contributed by atoms with E-state index < -0.39 is 0 Å². The highest BCUT2D eigenvalue weighted by Crippen LogP contribution is 2.19. The minimum Gasteiger partial charge on any atom is -0.343 e. The van der Waals surface area contributed by atoms with E-state index in [-0.39, 0.29) is 11.8 Å². The Morgan fingerprint density at radius 3 is 2.07 bits per heavy atom. The molecule has 0 unspecified atom stereocenters. The molecular weight excluding hydrogens is 406 g/mol. The molecule has 1 saturated heterocycles. The van der Waals surface area contributed by atoms with Crippen molar-refractivity contribution in [2.24, 2.45) is 0 Å². The van der Waals surface area contributed by atoms with Gasteiger partial charge in [-0.2, -0.15) is 0 Å². The quantitative estimate of drug-likeness (QED) is 0.734. The number of carbonyl (C=O) groups excluding carboxylic acids is 2. The van der Waals surface area contributed by atoms with Crippen molar-refractivity contribution in [3.63, 3.8) is 0 Å². The van der Waals surface area contributed by atoms with Crippen LogP contribution in [0.2, 0.25) is 0 Å². The first-order chi connectivity index (χ1) is 12.9. The third-order valence-electron chi connectivity index (χ3n) is 5.10. The maximum atomic E-state index is 12.8. The fourth-order valence-corrected chi connectivity index (χ4v) is 3.85. The zero-order valence-electron chi connectivity index (χ0n) is 16.1. The summed E-state index contributed by atoms with van der Waals surface area (Å²) >= 11 is 3.44. The smallest absolute Gasteiger partial charge is 0.270 e. The minimum atomic E-state index is 0.0240. The maximum absolute atomic E-state index is 12.8. The van der Waals surface area contributed by atoms with Gasteiger partial charge in [-0.3, -0.25) is 9.59 Å². The molecule has 2 aromatic rings. The van der Waals surface area contributed by atoms with E-state index in [0.717, 1.165) is 11.0 Å². The van der Waals surface area contributed by atoms with Crippen LogP contribution in [0.5, 0.6) is 0 Å². The molecule has 0 atom stereocenters. The highest BCUT2D eigenvalue weighted by molar-refractivity contribution is 9.10. The standard InChI is InChI=1S/C21H26BrN3O2/c1-4-23-14-18(22)13-19(23)21(27)25-11-9-24(10-12-25)20(26)17-7-5-16(6-8-17)15(2)3/h5-8,13-15H,4,9-12H2,1-3H3. The van der Waals surface area contributed by atoms with Crippen molar-refractivity contribution in [3.05, 3.63) is 57.8 Å². The van der Waals surface area contributed by atoms with Crippen LogP contribution in [-0.2, 0) is 6.54 Å². The molecule has 6 heteroatoms. The second-order valence-electron chi connectivity index (χ2n) is 7.19. The average Bonchev–Trinajstić information content (AvgIpc) is 3.08. The molecule has 1 aromatic heterocycles. The fourth-order valence-electron chi connectivity index (χ4n) is 3.38. The number of benzene rings is 1. The highest BCUT2D eigenvalue weighted by Gasteiger charge is 2.27. The summed E-state index contributed by atoms with van der Waals surface area (Å²) in [4.78, 5) is 29.2. The van der Waals surface area contributed by atoms with Gasteiger partial charge in [-0.05, 0) is 52.5 Å². The molecule has 0 radical (unpaired) electrons. The van der Waals surface area contributed by atoms with Crippen molar-refractivity contribution in [1.82, 2.24) is 14.4 Å². The van der Waals surface area contributed by atoms with Crippen LogP contribution < -0.4 is 0 Å². The first-order valence-electron chi connectivity index (χ1n) is 9.45. The molecule has 0 bridgehead atoms. The predicted molar refractivity (Wildman–Crippen MR) is 110 cm³/mol. The second-order valence-corrected chi connectivity index (χ2v) is 8.11. The summed E-state index contributed by atoms with van der Waals surface area (Å²) < 4.78 is 2.85. The van der Waals surface area contributed by atoms with Gasteiger partial charge in [0.05, 0.1) is 0 Å². The van der Waals surface area contributed by atoms with Crippen molar-refractivity contribution >= 4 is 27.7 Å². The first kappa shape index (κ1) is 19.7. The number of amides is 2. The SMILES string of the molecule is CCn1cc(Br)cc1C(=O)N1CCN(C(=O)c2ccc(C(C)C)cc2)CC1. The van der Waals surface area contributed by atoms with Gasteiger partial charge in [0.25, 0.3) is 11.8 Å². The lowest BCUT2D eigenvalue weighted by Gasteiger charge is -2.35. The molecule has 2 amide bonds. The van der Waals surface area contributed by atoms with E-state index >= 15 is 0 Å². The summed E-state index contributed by atoms with van der Waals surface area (Å²) in [6.45, 7) is 9.28. The molecule has 144 valence electrons. The molecule has 0 saturated carbocycles. The largest absolute Gasteiger partial charge is 0.343 e. The van der Waals surface area contributed by atoms with E-state index in [0.29, 0.717) is 43.4 Å². The van der Waals surface area contributed by atoms with Gasteiger partial charge < -0.3 is 14.4 Å². The number of hydrogen-bond donors (Lipinski definition) is 0. The van der Waals surface area contributed by atoms with Crippen molar-refractivity contribution in [2.45, 2.75) is 33.2 Å². The topological polar surface area (TPSA) is 45.6 Å². The second kappa shape index (κ2) is 8.30. The van der Waals surface area contributed by atoms with Gasteiger partial charge in [0.2, 0.25) is 0 Å². The zero-order valence-corrected chi connectivity index (χ0v) is 17.7. The fraction of sp³-hybridized carbons (Fsp3) is 0.429. The van der Waals surface area contributed by atoms with Gasteiger partial charge in [0.15, 0.2) is 0 Å². The Hall–Kier alpha value is -2.08. The van der Waals surface area contributed by atoms with Crippen LogP contribution in [0.1, 0.15) is 53.1 Å². The van der Waals surface area contributed by atoms with Crippen LogP contribution in [-0.4, -0.2) is 52.4 Å². The number of halogens is 1. The summed E-state index contributed by atoms with van der Waals surface area (Å²) in [7, 11) is 0. The van der Waals surface area contributed by atoms with E-state index in [4.69, 9.17) is 0 Å². The van der Waals surface area contributed by atoms with Crippen LogP contribution in [0.25, 0.3) is 0 Å². The van der Waals surface area contributed by atoms with Gasteiger partial charge in [-0.25, -0.2) is 0 Å². The summed E-state index contributed by atoms with van der Waals surface area (Å²) in [6.07, 6.45) is 1.92. The Bertz CT molecular complexity index is 818. The van der Waals surface area contributed by atoms with Crippen LogP contribution >= 0.6 is 15.9 Å². The van der Waals surface area contributed by atoms with Gasteiger partial charge in [0.1, 0.15) is 5.69 Å². The lowest BCUT2D eigenvalue weighted by Crippen LogP contribution is -2.50. The Labute approximate surface area is 169 Å². The van der Waals surface area contributed by atoms with E-state index in [1.165, 1.54) is 5.56 Å². The molecule has 0 N–H and O–H groups in total. The monoisotopic (exact) mass is 431 g/mol. The molecule has 5 nitrogen and oxygen atoms in total. The first-order valence-corrected chi connectivity index (χ1v) is 10.2. The highest BCUT2D eigenvalue weighted by atomic mass is 79.9. The Morgan fingerprint density at radius 2 is 1.56 bits per heavy atom. The number of rotatable bonds is 4. The van der Waals surface area contributed by atoms with Gasteiger partial charge in [-0.1, -0.05) is 26.0 Å². The van der Waals surface area contributed by atoms with Crippen molar-refractivity contribution < 1.29 is 9.59 Å². The zero-order chi connectivity index (χ0) is 19.6. The molecule has 27 heavy (non-hydrogen) atoms. The van der Waals surface area contributed by atoms with E-state index in [1.807, 2.05) is 57.8 Å².